The van der Waals surface area contributed by atoms with Gasteiger partial charge in [0.15, 0.2) is 0 Å². The molecule has 0 bridgehead atoms. The summed E-state index contributed by atoms with van der Waals surface area (Å²) in [7, 11) is 0. The molecule has 0 spiro atoms. The van der Waals surface area contributed by atoms with E-state index in [0.717, 1.165) is 5.92 Å². The molecule has 1 aliphatic carbocycles. The number of hydrogen-bond donors (Lipinski definition) is 1. The molecule has 0 radical (unpaired) electrons. The molecule has 0 aromatic heterocycles. The van der Waals surface area contributed by atoms with E-state index in [1.807, 2.05) is 0 Å². The van der Waals surface area contributed by atoms with Crippen LogP contribution in [0.3, 0.4) is 0 Å². The van der Waals surface area contributed by atoms with E-state index in [1.165, 1.54) is 25.7 Å². The highest BCUT2D eigenvalue weighted by Crippen LogP contribution is 2.22. The first-order chi connectivity index (χ1) is 4.63. The Balaban J connectivity index is 0.000000180. The van der Waals surface area contributed by atoms with Crippen molar-refractivity contribution in [2.45, 2.75) is 52.6 Å². The first-order valence-electron chi connectivity index (χ1n) is 4.31. The number of hydrogen-bond acceptors (Lipinski definition) is 1. The second-order valence-electron chi connectivity index (χ2n) is 3.48. The minimum Gasteiger partial charge on any atom is -0.394 e. The molecule has 1 N–H and O–H groups in total. The zero-order valence-corrected chi connectivity index (χ0v) is 7.43. The molecule has 0 aliphatic heterocycles. The normalized spacial score (nSPS) is 18.9. The van der Waals surface area contributed by atoms with Crippen LogP contribution in [0, 0.1) is 5.92 Å². The van der Waals surface area contributed by atoms with Crippen molar-refractivity contribution in [3.63, 3.8) is 0 Å². The van der Waals surface area contributed by atoms with Gasteiger partial charge in [0.2, 0.25) is 0 Å². The Kier molecular flexibility index (Phi) is 5.70. The van der Waals surface area contributed by atoms with Crippen molar-refractivity contribution >= 4 is 0 Å². The van der Waals surface area contributed by atoms with Gasteiger partial charge in [0.05, 0.1) is 0 Å². The largest absolute Gasteiger partial charge is 0.394 e. The molecule has 0 saturated heterocycles. The topological polar surface area (TPSA) is 20.2 Å². The number of aliphatic hydroxyl groups is 1. The summed E-state index contributed by atoms with van der Waals surface area (Å²) >= 11 is 0. The lowest BCUT2D eigenvalue weighted by Crippen LogP contribution is -1.85. The van der Waals surface area contributed by atoms with E-state index in [2.05, 4.69) is 6.92 Å². The van der Waals surface area contributed by atoms with Gasteiger partial charge in [-0.05, 0) is 19.8 Å². The summed E-state index contributed by atoms with van der Waals surface area (Å²) in [6.07, 6.45) is 5.78. The summed E-state index contributed by atoms with van der Waals surface area (Å²) < 4.78 is 0. The molecule has 1 saturated carbocycles. The standard InChI is InChI=1S/C6H12.C3H8O/c1-6-4-2-3-5-6;1-3(2)4/h6H,2-5H2,1H3;3-4H,1-2H3. The summed E-state index contributed by atoms with van der Waals surface area (Å²) in [5.41, 5.74) is 0. The van der Waals surface area contributed by atoms with Crippen LogP contribution < -0.4 is 0 Å². The zero-order chi connectivity index (χ0) is 7.98. The van der Waals surface area contributed by atoms with E-state index in [0.29, 0.717) is 0 Å². The van der Waals surface area contributed by atoms with Gasteiger partial charge in [0, 0.05) is 6.10 Å². The van der Waals surface area contributed by atoms with Gasteiger partial charge in [-0.25, -0.2) is 0 Å². The highest BCUT2D eigenvalue weighted by atomic mass is 16.3. The van der Waals surface area contributed by atoms with E-state index < -0.39 is 0 Å². The molecule has 1 aliphatic rings. The average Bonchev–Trinajstić information content (AvgIpc) is 2.15. The lowest BCUT2D eigenvalue weighted by Gasteiger charge is -1.91. The van der Waals surface area contributed by atoms with Crippen LogP contribution in [0.25, 0.3) is 0 Å². The number of rotatable bonds is 0. The van der Waals surface area contributed by atoms with Gasteiger partial charge in [-0.3, -0.25) is 0 Å². The molecule has 1 nitrogen and oxygen atoms in total. The van der Waals surface area contributed by atoms with Crippen LogP contribution in [0.5, 0.6) is 0 Å². The number of aliphatic hydroxyl groups excluding tert-OH is 1. The predicted octanol–water partition coefficient (Wildman–Crippen LogP) is 2.58. The fraction of sp³-hybridized carbons (Fsp3) is 1.00. The Hall–Kier alpha value is -0.0400. The zero-order valence-electron chi connectivity index (χ0n) is 7.43. The third kappa shape index (κ3) is 7.96. The fourth-order valence-electron chi connectivity index (χ4n) is 1.13. The molecule has 0 unspecified atom stereocenters. The summed E-state index contributed by atoms with van der Waals surface area (Å²) in [6.45, 7) is 5.78. The van der Waals surface area contributed by atoms with Crippen LogP contribution in [0.4, 0.5) is 0 Å². The predicted molar refractivity (Wildman–Crippen MR) is 45.0 cm³/mol. The van der Waals surface area contributed by atoms with Gasteiger partial charge in [-0.2, -0.15) is 0 Å². The van der Waals surface area contributed by atoms with Crippen LogP contribution in [0.15, 0.2) is 0 Å². The minimum absolute atomic E-state index is 0.167. The molecule has 1 rings (SSSR count). The lowest BCUT2D eigenvalue weighted by molar-refractivity contribution is 0.216. The van der Waals surface area contributed by atoms with E-state index in [-0.39, 0.29) is 6.10 Å². The van der Waals surface area contributed by atoms with Gasteiger partial charge in [-0.15, -0.1) is 0 Å². The molecule has 0 heterocycles. The van der Waals surface area contributed by atoms with Crippen molar-refractivity contribution in [3.8, 4) is 0 Å². The monoisotopic (exact) mass is 144 g/mol. The third-order valence-corrected chi connectivity index (χ3v) is 1.64. The van der Waals surface area contributed by atoms with Gasteiger partial charge in [0.1, 0.15) is 0 Å². The first kappa shape index (κ1) is 9.96. The summed E-state index contributed by atoms with van der Waals surface area (Å²) in [5, 5.41) is 8.06. The summed E-state index contributed by atoms with van der Waals surface area (Å²) in [4.78, 5) is 0. The second-order valence-corrected chi connectivity index (χ2v) is 3.48. The molecule has 0 aromatic rings. The Bertz CT molecular complexity index is 60.4. The highest BCUT2D eigenvalue weighted by molar-refractivity contribution is 4.60. The van der Waals surface area contributed by atoms with Crippen molar-refractivity contribution in [3.05, 3.63) is 0 Å². The molecule has 10 heavy (non-hydrogen) atoms. The van der Waals surface area contributed by atoms with Crippen LogP contribution in [0.1, 0.15) is 46.5 Å². The third-order valence-electron chi connectivity index (χ3n) is 1.64. The van der Waals surface area contributed by atoms with Crippen molar-refractivity contribution in [2.24, 2.45) is 5.92 Å². The average molecular weight is 144 g/mol. The van der Waals surface area contributed by atoms with Crippen LogP contribution in [-0.4, -0.2) is 11.2 Å². The maximum atomic E-state index is 8.06. The van der Waals surface area contributed by atoms with Crippen molar-refractivity contribution < 1.29 is 5.11 Å². The molecular formula is C9H20O. The van der Waals surface area contributed by atoms with E-state index in [9.17, 15) is 0 Å². The SMILES string of the molecule is CC(C)O.CC1CCCC1. The molecule has 1 fully saturated rings. The molecule has 0 amide bonds. The maximum absolute atomic E-state index is 8.06. The minimum atomic E-state index is -0.167. The van der Waals surface area contributed by atoms with Crippen molar-refractivity contribution in [2.75, 3.05) is 0 Å². The molecule has 62 valence electrons. The second kappa shape index (κ2) is 5.72. The Morgan fingerprint density at radius 1 is 1.20 bits per heavy atom. The van der Waals surface area contributed by atoms with E-state index >= 15 is 0 Å². The van der Waals surface area contributed by atoms with E-state index in [4.69, 9.17) is 5.11 Å². The smallest absolute Gasteiger partial charge is 0.0483 e. The van der Waals surface area contributed by atoms with Gasteiger partial charge < -0.3 is 5.11 Å². The molecular weight excluding hydrogens is 124 g/mol. The van der Waals surface area contributed by atoms with Crippen molar-refractivity contribution in [1.82, 2.24) is 0 Å². The lowest BCUT2D eigenvalue weighted by atomic mass is 10.2. The van der Waals surface area contributed by atoms with Crippen LogP contribution >= 0.6 is 0 Å². The van der Waals surface area contributed by atoms with Crippen molar-refractivity contribution in [1.29, 1.82) is 0 Å². The van der Waals surface area contributed by atoms with Gasteiger partial charge >= 0.3 is 0 Å². The van der Waals surface area contributed by atoms with Gasteiger partial charge in [0.25, 0.3) is 0 Å². The molecule has 0 atom stereocenters. The molecule has 0 aromatic carbocycles. The summed E-state index contributed by atoms with van der Waals surface area (Å²) in [6, 6.07) is 0. The van der Waals surface area contributed by atoms with Crippen LogP contribution in [0.2, 0.25) is 0 Å². The first-order valence-corrected chi connectivity index (χ1v) is 4.31. The van der Waals surface area contributed by atoms with E-state index in [1.54, 1.807) is 13.8 Å². The Morgan fingerprint density at radius 2 is 1.50 bits per heavy atom. The fourth-order valence-corrected chi connectivity index (χ4v) is 1.13. The molecule has 1 heteroatoms. The highest BCUT2D eigenvalue weighted by Gasteiger charge is 2.07. The Labute approximate surface area is 64.5 Å². The van der Waals surface area contributed by atoms with Crippen LogP contribution in [-0.2, 0) is 0 Å². The summed E-state index contributed by atoms with van der Waals surface area (Å²) in [5.74, 6) is 1.05. The quantitative estimate of drug-likeness (QED) is 0.554. The maximum Gasteiger partial charge on any atom is 0.0483 e. The van der Waals surface area contributed by atoms with Gasteiger partial charge in [-0.1, -0.05) is 32.6 Å². The Morgan fingerprint density at radius 3 is 1.60 bits per heavy atom.